The van der Waals surface area contributed by atoms with Crippen LogP contribution in [0.4, 0.5) is 5.95 Å². The minimum absolute atomic E-state index is 0.0191. The number of carbonyl (C=O) groups excluding carboxylic acids is 2. The van der Waals surface area contributed by atoms with E-state index < -0.39 is 0 Å². The fourth-order valence-electron chi connectivity index (χ4n) is 3.14. The van der Waals surface area contributed by atoms with Gasteiger partial charge in [-0.25, -0.2) is 4.52 Å². The van der Waals surface area contributed by atoms with Gasteiger partial charge in [0.05, 0.1) is 19.4 Å². The van der Waals surface area contributed by atoms with Crippen LogP contribution in [0.5, 0.6) is 0 Å². The van der Waals surface area contributed by atoms with E-state index in [0.29, 0.717) is 23.7 Å². The van der Waals surface area contributed by atoms with Crippen molar-refractivity contribution < 1.29 is 9.59 Å². The van der Waals surface area contributed by atoms with E-state index in [-0.39, 0.29) is 17.7 Å². The molecule has 0 unspecified atom stereocenters. The average Bonchev–Trinajstić information content (AvgIpc) is 3.51. The molecule has 0 bridgehead atoms. The highest BCUT2D eigenvalue weighted by Crippen LogP contribution is 2.30. The number of hydrogen-bond acceptors (Lipinski definition) is 4. The van der Waals surface area contributed by atoms with Gasteiger partial charge in [0.2, 0.25) is 11.9 Å². The normalized spacial score (nSPS) is 13.3. The first-order valence-corrected chi connectivity index (χ1v) is 10.0. The number of unbranched alkanes of at least 4 members (excludes halogenated alkanes) is 2. The van der Waals surface area contributed by atoms with Crippen molar-refractivity contribution in [1.29, 1.82) is 0 Å². The topological polar surface area (TPSA) is 88.4 Å². The smallest absolute Gasteiger partial charge is 0.251 e. The van der Waals surface area contributed by atoms with Crippen molar-refractivity contribution in [2.24, 2.45) is 5.92 Å². The van der Waals surface area contributed by atoms with E-state index in [1.165, 1.54) is 0 Å². The van der Waals surface area contributed by atoms with Crippen LogP contribution in [0.3, 0.4) is 0 Å². The monoisotopic (exact) mass is 390 g/mol. The minimum Gasteiger partial charge on any atom is -0.348 e. The Kier molecular flexibility index (Phi) is 5.46. The molecule has 0 saturated heterocycles. The molecule has 29 heavy (non-hydrogen) atoms. The second kappa shape index (κ2) is 8.34. The molecule has 2 amide bonds. The third-order valence-corrected chi connectivity index (χ3v) is 4.93. The molecule has 7 heteroatoms. The molecular formula is C22H24N5O2+. The Labute approximate surface area is 169 Å². The summed E-state index contributed by atoms with van der Waals surface area (Å²) in [5.41, 5.74) is 3.09. The van der Waals surface area contributed by atoms with Gasteiger partial charge in [0.1, 0.15) is 6.42 Å². The second-order valence-corrected chi connectivity index (χ2v) is 7.21. The van der Waals surface area contributed by atoms with Gasteiger partial charge >= 0.3 is 0 Å². The molecule has 1 saturated carbocycles. The summed E-state index contributed by atoms with van der Waals surface area (Å²) in [5.74, 6) is 0.315. The first-order valence-electron chi connectivity index (χ1n) is 10.0. The minimum atomic E-state index is -0.0770. The molecule has 0 aliphatic heterocycles. The third kappa shape index (κ3) is 4.39. The van der Waals surface area contributed by atoms with Crippen molar-refractivity contribution in [3.05, 3.63) is 54.6 Å². The van der Waals surface area contributed by atoms with Crippen LogP contribution < -0.4 is 10.6 Å². The molecule has 7 nitrogen and oxygen atoms in total. The van der Waals surface area contributed by atoms with Gasteiger partial charge in [-0.05, 0) is 49.6 Å². The van der Waals surface area contributed by atoms with E-state index in [9.17, 15) is 9.59 Å². The van der Waals surface area contributed by atoms with Crippen LogP contribution in [0.25, 0.3) is 16.8 Å². The molecule has 1 aliphatic rings. The molecule has 2 N–H and O–H groups in total. The SMILES string of the molecule is CC[CH+]CCNC(=O)c1ccc(-c2cccn3nc(NC(=O)C4CC4)nc23)cc1. The fourth-order valence-corrected chi connectivity index (χ4v) is 3.14. The van der Waals surface area contributed by atoms with Gasteiger partial charge in [0.15, 0.2) is 5.65 Å². The van der Waals surface area contributed by atoms with Crippen LogP contribution in [0, 0.1) is 12.3 Å². The molecule has 4 rings (SSSR count). The number of rotatable bonds is 8. The molecule has 2 aromatic heterocycles. The molecule has 2 heterocycles. The van der Waals surface area contributed by atoms with Crippen LogP contribution >= 0.6 is 0 Å². The summed E-state index contributed by atoms with van der Waals surface area (Å²) in [7, 11) is 0. The van der Waals surface area contributed by atoms with Crippen molar-refractivity contribution >= 4 is 23.4 Å². The number of nitrogens with one attached hydrogen (secondary N) is 2. The zero-order valence-corrected chi connectivity index (χ0v) is 16.4. The Bertz CT molecular complexity index is 1020. The lowest BCUT2D eigenvalue weighted by molar-refractivity contribution is -0.117. The Balaban J connectivity index is 1.50. The van der Waals surface area contributed by atoms with Gasteiger partial charge in [-0.3, -0.25) is 14.9 Å². The Morgan fingerprint density at radius 2 is 2.00 bits per heavy atom. The summed E-state index contributed by atoms with van der Waals surface area (Å²) in [4.78, 5) is 28.7. The van der Waals surface area contributed by atoms with Crippen molar-refractivity contribution in [1.82, 2.24) is 19.9 Å². The number of carbonyl (C=O) groups is 2. The maximum Gasteiger partial charge on any atom is 0.251 e. The Morgan fingerprint density at radius 1 is 1.21 bits per heavy atom. The van der Waals surface area contributed by atoms with Crippen LogP contribution in [-0.2, 0) is 4.79 Å². The van der Waals surface area contributed by atoms with E-state index in [1.54, 1.807) is 10.7 Å². The summed E-state index contributed by atoms with van der Waals surface area (Å²) in [6.45, 7) is 2.73. The van der Waals surface area contributed by atoms with Crippen molar-refractivity contribution in [2.75, 3.05) is 11.9 Å². The zero-order valence-electron chi connectivity index (χ0n) is 16.4. The number of aromatic nitrogens is 3. The number of fused-ring (bicyclic) bond motifs is 1. The van der Waals surface area contributed by atoms with Crippen molar-refractivity contribution in [3.63, 3.8) is 0 Å². The highest BCUT2D eigenvalue weighted by molar-refractivity contribution is 5.95. The van der Waals surface area contributed by atoms with E-state index in [4.69, 9.17) is 0 Å². The highest BCUT2D eigenvalue weighted by Gasteiger charge is 2.30. The summed E-state index contributed by atoms with van der Waals surface area (Å²) in [6.07, 6.45) is 7.68. The molecule has 0 spiro atoms. The summed E-state index contributed by atoms with van der Waals surface area (Å²) in [5, 5.41) is 10.1. The maximum atomic E-state index is 12.2. The van der Waals surface area contributed by atoms with Crippen molar-refractivity contribution in [2.45, 2.75) is 32.6 Å². The number of hydrogen-bond donors (Lipinski definition) is 2. The van der Waals surface area contributed by atoms with E-state index in [2.05, 4.69) is 34.1 Å². The molecular weight excluding hydrogens is 366 g/mol. The summed E-state index contributed by atoms with van der Waals surface area (Å²) >= 11 is 0. The predicted molar refractivity (Wildman–Crippen MR) is 111 cm³/mol. The van der Waals surface area contributed by atoms with E-state index in [0.717, 1.165) is 36.8 Å². The third-order valence-electron chi connectivity index (χ3n) is 4.93. The van der Waals surface area contributed by atoms with Crippen molar-refractivity contribution in [3.8, 4) is 11.1 Å². The fraction of sp³-hybridized carbons (Fsp3) is 0.318. The number of amides is 2. The lowest BCUT2D eigenvalue weighted by atomic mass is 10.0. The maximum absolute atomic E-state index is 12.2. The van der Waals surface area contributed by atoms with Crippen LogP contribution in [0.15, 0.2) is 42.6 Å². The predicted octanol–water partition coefficient (Wildman–Crippen LogP) is 3.48. The van der Waals surface area contributed by atoms with E-state index >= 15 is 0 Å². The van der Waals surface area contributed by atoms with Gasteiger partial charge < -0.3 is 5.32 Å². The second-order valence-electron chi connectivity index (χ2n) is 7.21. The van der Waals surface area contributed by atoms with Gasteiger partial charge in [-0.15, -0.1) is 5.10 Å². The Morgan fingerprint density at radius 3 is 2.72 bits per heavy atom. The standard InChI is InChI=1S/C22H23N5O2/c1-2-3-4-13-23-20(28)16-9-7-15(8-10-16)18-6-5-14-27-19(18)24-22(26-27)25-21(29)17-11-12-17/h3,5-10,14,17H,2,4,11-13H2,1H3,(H-,23,25,26,28,29)/p+1. The number of anilines is 1. The molecule has 1 aliphatic carbocycles. The average molecular weight is 390 g/mol. The van der Waals surface area contributed by atoms with Gasteiger partial charge in [0.25, 0.3) is 5.91 Å². The number of pyridine rings is 1. The van der Waals surface area contributed by atoms with Gasteiger partial charge in [-0.1, -0.05) is 12.1 Å². The molecule has 0 radical (unpaired) electrons. The lowest BCUT2D eigenvalue weighted by Gasteiger charge is -2.06. The number of nitrogens with zero attached hydrogens (tertiary/aromatic N) is 3. The Hall–Kier alpha value is -3.35. The van der Waals surface area contributed by atoms with Crippen LogP contribution in [-0.4, -0.2) is 33.0 Å². The van der Waals surface area contributed by atoms with Gasteiger partial charge in [0, 0.05) is 23.2 Å². The summed E-state index contributed by atoms with van der Waals surface area (Å²) in [6, 6.07) is 11.3. The molecule has 1 fully saturated rings. The molecule has 148 valence electrons. The molecule has 1 aromatic carbocycles. The van der Waals surface area contributed by atoms with E-state index in [1.807, 2.05) is 36.4 Å². The zero-order chi connectivity index (χ0) is 20.2. The molecule has 0 atom stereocenters. The quantitative estimate of drug-likeness (QED) is 0.455. The van der Waals surface area contributed by atoms with Gasteiger partial charge in [-0.2, -0.15) is 4.98 Å². The summed E-state index contributed by atoms with van der Waals surface area (Å²) < 4.78 is 1.66. The largest absolute Gasteiger partial charge is 0.348 e. The van der Waals surface area contributed by atoms with Crippen LogP contribution in [0.1, 0.15) is 43.0 Å². The highest BCUT2D eigenvalue weighted by atomic mass is 16.2. The number of benzene rings is 1. The molecule has 3 aromatic rings. The lowest BCUT2D eigenvalue weighted by Crippen LogP contribution is -2.24. The van der Waals surface area contributed by atoms with Crippen LogP contribution in [0.2, 0.25) is 0 Å². The first-order chi connectivity index (χ1) is 14.2. The first kappa shape index (κ1) is 19.0.